The Morgan fingerprint density at radius 3 is 2.73 bits per heavy atom. The quantitative estimate of drug-likeness (QED) is 0.778. The lowest BCUT2D eigenvalue weighted by Gasteiger charge is -2.13. The third-order valence-electron chi connectivity index (χ3n) is 2.08. The highest BCUT2D eigenvalue weighted by Gasteiger charge is 2.11. The molecule has 1 atom stereocenters. The highest BCUT2D eigenvalue weighted by Crippen LogP contribution is 2.20. The normalized spacial score (nSPS) is 12.9. The van der Waals surface area contributed by atoms with Gasteiger partial charge in [-0.1, -0.05) is 13.8 Å². The zero-order valence-corrected chi connectivity index (χ0v) is 9.57. The zero-order chi connectivity index (χ0) is 11.3. The molecule has 15 heavy (non-hydrogen) atoms. The standard InChI is InChI=1S/C11H19N3O/c1-4-12-11-6-9(13-7-14-11)10(15)5-8(2)3/h6-8,10,15H,4-5H2,1-3H3,(H,12,13,14). The van der Waals surface area contributed by atoms with Gasteiger partial charge in [-0.25, -0.2) is 9.97 Å². The second-order valence-corrected chi connectivity index (χ2v) is 4.00. The summed E-state index contributed by atoms with van der Waals surface area (Å²) >= 11 is 0. The van der Waals surface area contributed by atoms with Crippen LogP contribution in [0.25, 0.3) is 0 Å². The first-order chi connectivity index (χ1) is 7.13. The van der Waals surface area contributed by atoms with Crippen molar-refractivity contribution in [3.63, 3.8) is 0 Å². The molecule has 0 spiro atoms. The van der Waals surface area contributed by atoms with E-state index in [4.69, 9.17) is 0 Å². The van der Waals surface area contributed by atoms with Crippen molar-refractivity contribution in [1.82, 2.24) is 9.97 Å². The maximum Gasteiger partial charge on any atom is 0.129 e. The lowest BCUT2D eigenvalue weighted by molar-refractivity contribution is 0.146. The van der Waals surface area contributed by atoms with Crippen molar-refractivity contribution in [2.24, 2.45) is 5.92 Å². The predicted molar refractivity (Wildman–Crippen MR) is 60.6 cm³/mol. The molecule has 0 aliphatic carbocycles. The van der Waals surface area contributed by atoms with Crippen LogP contribution in [0, 0.1) is 5.92 Å². The second kappa shape index (κ2) is 5.66. The molecular weight excluding hydrogens is 190 g/mol. The molecule has 4 heteroatoms. The number of aliphatic hydroxyl groups excluding tert-OH is 1. The summed E-state index contributed by atoms with van der Waals surface area (Å²) in [6.07, 6.45) is 1.71. The summed E-state index contributed by atoms with van der Waals surface area (Å²) in [4.78, 5) is 8.13. The van der Waals surface area contributed by atoms with Crippen LogP contribution in [-0.2, 0) is 0 Å². The van der Waals surface area contributed by atoms with E-state index in [1.54, 1.807) is 6.07 Å². The number of anilines is 1. The Labute approximate surface area is 90.8 Å². The fourth-order valence-electron chi connectivity index (χ4n) is 1.40. The molecule has 0 amide bonds. The summed E-state index contributed by atoms with van der Waals surface area (Å²) < 4.78 is 0. The molecule has 1 unspecified atom stereocenters. The SMILES string of the molecule is CCNc1cc(C(O)CC(C)C)ncn1. The van der Waals surface area contributed by atoms with Crippen LogP contribution in [0.1, 0.15) is 39.0 Å². The lowest BCUT2D eigenvalue weighted by atomic mass is 10.0. The number of rotatable bonds is 5. The molecule has 0 radical (unpaired) electrons. The van der Waals surface area contributed by atoms with Crippen molar-refractivity contribution in [2.75, 3.05) is 11.9 Å². The van der Waals surface area contributed by atoms with Crippen LogP contribution < -0.4 is 5.32 Å². The number of nitrogens with zero attached hydrogens (tertiary/aromatic N) is 2. The van der Waals surface area contributed by atoms with E-state index in [9.17, 15) is 5.11 Å². The minimum atomic E-state index is -0.495. The molecule has 0 fully saturated rings. The monoisotopic (exact) mass is 209 g/mol. The van der Waals surface area contributed by atoms with E-state index < -0.39 is 6.10 Å². The van der Waals surface area contributed by atoms with Gasteiger partial charge >= 0.3 is 0 Å². The van der Waals surface area contributed by atoms with E-state index in [0.29, 0.717) is 11.6 Å². The molecule has 0 aliphatic heterocycles. The van der Waals surface area contributed by atoms with Crippen LogP contribution in [0.15, 0.2) is 12.4 Å². The van der Waals surface area contributed by atoms with Gasteiger partial charge in [0.25, 0.3) is 0 Å². The molecule has 2 N–H and O–H groups in total. The lowest BCUT2D eigenvalue weighted by Crippen LogP contribution is -2.07. The minimum absolute atomic E-state index is 0.456. The second-order valence-electron chi connectivity index (χ2n) is 4.00. The molecule has 0 aliphatic rings. The van der Waals surface area contributed by atoms with E-state index in [0.717, 1.165) is 18.8 Å². The van der Waals surface area contributed by atoms with Crippen molar-refractivity contribution in [3.05, 3.63) is 18.1 Å². The van der Waals surface area contributed by atoms with Gasteiger partial charge in [0.1, 0.15) is 12.1 Å². The van der Waals surface area contributed by atoms with Crippen LogP contribution in [0.4, 0.5) is 5.82 Å². The van der Waals surface area contributed by atoms with E-state index in [1.165, 1.54) is 6.33 Å². The zero-order valence-electron chi connectivity index (χ0n) is 9.57. The summed E-state index contributed by atoms with van der Waals surface area (Å²) in [6, 6.07) is 1.80. The van der Waals surface area contributed by atoms with E-state index in [-0.39, 0.29) is 0 Å². The van der Waals surface area contributed by atoms with E-state index >= 15 is 0 Å². The molecule has 84 valence electrons. The number of aromatic nitrogens is 2. The molecule has 4 nitrogen and oxygen atoms in total. The van der Waals surface area contributed by atoms with Gasteiger partial charge in [0.2, 0.25) is 0 Å². The van der Waals surface area contributed by atoms with Gasteiger partial charge in [-0.2, -0.15) is 0 Å². The van der Waals surface area contributed by atoms with Gasteiger partial charge in [-0.15, -0.1) is 0 Å². The summed E-state index contributed by atoms with van der Waals surface area (Å²) in [5, 5.41) is 13.0. The van der Waals surface area contributed by atoms with Crippen molar-refractivity contribution < 1.29 is 5.11 Å². The Morgan fingerprint density at radius 1 is 1.40 bits per heavy atom. The van der Waals surface area contributed by atoms with Crippen molar-refractivity contribution in [2.45, 2.75) is 33.3 Å². The van der Waals surface area contributed by atoms with Crippen LogP contribution in [-0.4, -0.2) is 21.6 Å². The van der Waals surface area contributed by atoms with Crippen molar-refractivity contribution >= 4 is 5.82 Å². The van der Waals surface area contributed by atoms with Crippen molar-refractivity contribution in [3.8, 4) is 0 Å². The maximum absolute atomic E-state index is 9.87. The van der Waals surface area contributed by atoms with Crippen molar-refractivity contribution in [1.29, 1.82) is 0 Å². The van der Waals surface area contributed by atoms with Gasteiger partial charge < -0.3 is 10.4 Å². The molecule has 1 rings (SSSR count). The number of nitrogens with one attached hydrogen (secondary N) is 1. The van der Waals surface area contributed by atoms with Crippen LogP contribution in [0.2, 0.25) is 0 Å². The van der Waals surface area contributed by atoms with Crippen LogP contribution >= 0.6 is 0 Å². The molecule has 0 aromatic carbocycles. The smallest absolute Gasteiger partial charge is 0.129 e. The van der Waals surface area contributed by atoms with Gasteiger partial charge in [-0.3, -0.25) is 0 Å². The Hall–Kier alpha value is -1.16. The largest absolute Gasteiger partial charge is 0.387 e. The molecular formula is C11H19N3O. The highest BCUT2D eigenvalue weighted by molar-refractivity contribution is 5.35. The Kier molecular flexibility index (Phi) is 4.49. The molecule has 0 saturated carbocycles. The first kappa shape index (κ1) is 11.9. The number of hydrogen-bond acceptors (Lipinski definition) is 4. The number of aliphatic hydroxyl groups is 1. The predicted octanol–water partition coefficient (Wildman–Crippen LogP) is 1.99. The first-order valence-corrected chi connectivity index (χ1v) is 5.37. The van der Waals surface area contributed by atoms with Gasteiger partial charge in [-0.05, 0) is 19.3 Å². The molecule has 0 bridgehead atoms. The fraction of sp³-hybridized carbons (Fsp3) is 0.636. The minimum Gasteiger partial charge on any atom is -0.387 e. The Balaban J connectivity index is 2.71. The third-order valence-corrected chi connectivity index (χ3v) is 2.08. The van der Waals surface area contributed by atoms with E-state index in [1.807, 2.05) is 6.92 Å². The third kappa shape index (κ3) is 3.83. The average molecular weight is 209 g/mol. The molecule has 1 heterocycles. The Bertz CT molecular complexity index is 302. The first-order valence-electron chi connectivity index (χ1n) is 5.37. The Morgan fingerprint density at radius 2 is 2.13 bits per heavy atom. The summed E-state index contributed by atoms with van der Waals surface area (Å²) in [5.74, 6) is 1.22. The molecule has 1 aromatic heterocycles. The maximum atomic E-state index is 9.87. The molecule has 1 aromatic rings. The summed E-state index contributed by atoms with van der Waals surface area (Å²) in [5.41, 5.74) is 0.689. The van der Waals surface area contributed by atoms with Gasteiger partial charge in [0.15, 0.2) is 0 Å². The summed E-state index contributed by atoms with van der Waals surface area (Å²) in [6.45, 7) is 6.98. The van der Waals surface area contributed by atoms with Gasteiger partial charge in [0, 0.05) is 12.6 Å². The highest BCUT2D eigenvalue weighted by atomic mass is 16.3. The van der Waals surface area contributed by atoms with Gasteiger partial charge in [0.05, 0.1) is 11.8 Å². The average Bonchev–Trinajstić information content (AvgIpc) is 2.17. The topological polar surface area (TPSA) is 58.0 Å². The number of hydrogen-bond donors (Lipinski definition) is 2. The summed E-state index contributed by atoms with van der Waals surface area (Å²) in [7, 11) is 0. The fourth-order valence-corrected chi connectivity index (χ4v) is 1.40. The molecule has 0 saturated heterocycles. The van der Waals surface area contributed by atoms with Crippen LogP contribution in [0.5, 0.6) is 0 Å². The van der Waals surface area contributed by atoms with E-state index in [2.05, 4.69) is 29.1 Å². The van der Waals surface area contributed by atoms with Crippen LogP contribution in [0.3, 0.4) is 0 Å².